The number of nitrogens with zero attached hydrogens (tertiary/aromatic N) is 5. The van der Waals surface area contributed by atoms with Crippen molar-refractivity contribution in [3.8, 4) is 0 Å². The first kappa shape index (κ1) is 19.9. The Bertz CT molecular complexity index is 831. The Kier molecular flexibility index (Phi) is 6.33. The minimum Gasteiger partial charge on any atom is -0.354 e. The number of amides is 2. The summed E-state index contributed by atoms with van der Waals surface area (Å²) in [4.78, 5) is 26.2. The lowest BCUT2D eigenvalue weighted by atomic mass is 9.96. The summed E-state index contributed by atoms with van der Waals surface area (Å²) in [6, 6.07) is 5.52. The minimum absolute atomic E-state index is 0.0896. The molecule has 1 aromatic heterocycles. The van der Waals surface area contributed by atoms with Crippen molar-refractivity contribution in [2.24, 2.45) is 5.92 Å². The zero-order valence-corrected chi connectivity index (χ0v) is 16.1. The van der Waals surface area contributed by atoms with Crippen LogP contribution in [0.2, 0.25) is 0 Å². The Morgan fingerprint density at radius 1 is 1.32 bits per heavy atom. The summed E-state index contributed by atoms with van der Waals surface area (Å²) in [5, 5.41) is 14.4. The van der Waals surface area contributed by atoms with E-state index in [1.807, 2.05) is 4.90 Å². The van der Waals surface area contributed by atoms with Crippen LogP contribution in [-0.4, -0.2) is 56.6 Å². The Morgan fingerprint density at radius 2 is 2.07 bits per heavy atom. The number of benzene rings is 1. The maximum Gasteiger partial charge on any atom is 0.245 e. The Balaban J connectivity index is 1.64. The summed E-state index contributed by atoms with van der Waals surface area (Å²) >= 11 is 0. The fourth-order valence-corrected chi connectivity index (χ4v) is 3.52. The van der Waals surface area contributed by atoms with Gasteiger partial charge in [0.2, 0.25) is 11.8 Å². The van der Waals surface area contributed by atoms with Gasteiger partial charge in [0.1, 0.15) is 17.7 Å². The average molecular weight is 388 g/mol. The first-order valence-electron chi connectivity index (χ1n) is 9.46. The molecule has 150 valence electrons. The maximum atomic E-state index is 13.5. The van der Waals surface area contributed by atoms with Crippen LogP contribution >= 0.6 is 0 Å². The smallest absolute Gasteiger partial charge is 0.245 e. The van der Waals surface area contributed by atoms with E-state index in [1.165, 1.54) is 16.8 Å². The summed E-state index contributed by atoms with van der Waals surface area (Å²) in [6.07, 6.45) is 2.01. The number of hydrogen-bond acceptors (Lipinski definition) is 5. The van der Waals surface area contributed by atoms with Gasteiger partial charge in [-0.2, -0.15) is 0 Å². The van der Waals surface area contributed by atoms with Crippen LogP contribution in [0.25, 0.3) is 0 Å². The van der Waals surface area contributed by atoms with Gasteiger partial charge in [0, 0.05) is 33.0 Å². The second-order valence-electron chi connectivity index (χ2n) is 7.22. The number of likely N-dealkylation sites (tertiary alicyclic amines) is 1. The Labute approximate surface area is 163 Å². The molecule has 1 fully saturated rings. The number of nitrogens with one attached hydrogen (secondary N) is 1. The van der Waals surface area contributed by atoms with Crippen molar-refractivity contribution < 1.29 is 14.0 Å². The molecule has 1 atom stereocenters. The summed E-state index contributed by atoms with van der Waals surface area (Å²) in [5.41, 5.74) is 0.699. The molecule has 3 rings (SSSR count). The van der Waals surface area contributed by atoms with Crippen LogP contribution in [0.15, 0.2) is 24.3 Å². The Hall–Kier alpha value is -2.84. The van der Waals surface area contributed by atoms with E-state index in [1.54, 1.807) is 26.0 Å². The second kappa shape index (κ2) is 8.90. The molecule has 0 bridgehead atoms. The van der Waals surface area contributed by atoms with Crippen LogP contribution in [0.5, 0.6) is 0 Å². The highest BCUT2D eigenvalue weighted by Crippen LogP contribution is 2.19. The quantitative estimate of drug-likeness (QED) is 0.805. The molecule has 1 aliphatic heterocycles. The van der Waals surface area contributed by atoms with Crippen LogP contribution in [-0.2, 0) is 16.0 Å². The predicted molar refractivity (Wildman–Crippen MR) is 99.7 cm³/mol. The highest BCUT2D eigenvalue weighted by Gasteiger charge is 2.26. The number of halogens is 1. The summed E-state index contributed by atoms with van der Waals surface area (Å²) in [6.45, 7) is 5.27. The standard InChI is InChI=1S/C19H25FN6O2/c1-13-22-23-24-26(13)18(11-16-4-3-5-17(20)10-16)19(28)21-12-15-6-8-25(9-7-15)14(2)27/h3-5,10,15,18H,6-9,11-12H2,1-2H3,(H,21,28). The topological polar surface area (TPSA) is 93.0 Å². The third kappa shape index (κ3) is 4.90. The van der Waals surface area contributed by atoms with Gasteiger partial charge in [-0.15, -0.1) is 5.10 Å². The maximum absolute atomic E-state index is 13.5. The number of aryl methyl sites for hydroxylation is 1. The number of hydrogen-bond donors (Lipinski definition) is 1. The van der Waals surface area contributed by atoms with Gasteiger partial charge in [-0.1, -0.05) is 12.1 Å². The molecule has 2 heterocycles. The lowest BCUT2D eigenvalue weighted by Crippen LogP contribution is -2.42. The van der Waals surface area contributed by atoms with Crippen LogP contribution in [0.4, 0.5) is 4.39 Å². The number of carbonyl (C=O) groups is 2. The van der Waals surface area contributed by atoms with Crippen molar-refractivity contribution in [3.63, 3.8) is 0 Å². The van der Waals surface area contributed by atoms with Gasteiger partial charge in [-0.25, -0.2) is 9.07 Å². The van der Waals surface area contributed by atoms with Crippen molar-refractivity contribution >= 4 is 11.8 Å². The highest BCUT2D eigenvalue weighted by molar-refractivity contribution is 5.80. The van der Waals surface area contributed by atoms with E-state index in [4.69, 9.17) is 0 Å². The zero-order chi connectivity index (χ0) is 20.1. The molecule has 1 aliphatic rings. The molecule has 0 spiro atoms. The van der Waals surface area contributed by atoms with Gasteiger partial charge in [0.05, 0.1) is 0 Å². The van der Waals surface area contributed by atoms with E-state index in [0.717, 1.165) is 12.8 Å². The van der Waals surface area contributed by atoms with E-state index in [9.17, 15) is 14.0 Å². The summed E-state index contributed by atoms with van der Waals surface area (Å²) in [7, 11) is 0. The van der Waals surface area contributed by atoms with Crippen LogP contribution in [0.3, 0.4) is 0 Å². The molecular formula is C19H25FN6O2. The lowest BCUT2D eigenvalue weighted by molar-refractivity contribution is -0.130. The van der Waals surface area contributed by atoms with E-state index in [0.29, 0.717) is 36.9 Å². The van der Waals surface area contributed by atoms with Crippen molar-refractivity contribution in [3.05, 3.63) is 41.5 Å². The number of aromatic nitrogens is 4. The normalized spacial score (nSPS) is 16.0. The van der Waals surface area contributed by atoms with E-state index in [2.05, 4.69) is 20.8 Å². The van der Waals surface area contributed by atoms with Gasteiger partial charge in [0.25, 0.3) is 0 Å². The molecular weight excluding hydrogens is 363 g/mol. The summed E-state index contributed by atoms with van der Waals surface area (Å²) in [5.74, 6) is 0.387. The van der Waals surface area contributed by atoms with E-state index in [-0.39, 0.29) is 24.1 Å². The van der Waals surface area contributed by atoms with Gasteiger partial charge in [-0.3, -0.25) is 9.59 Å². The van der Waals surface area contributed by atoms with Crippen molar-refractivity contribution in [2.75, 3.05) is 19.6 Å². The van der Waals surface area contributed by atoms with Gasteiger partial charge in [0.15, 0.2) is 0 Å². The SMILES string of the molecule is CC(=O)N1CCC(CNC(=O)C(Cc2cccc(F)c2)n2nnnc2C)CC1. The number of tetrazole rings is 1. The molecule has 0 saturated carbocycles. The lowest BCUT2D eigenvalue weighted by Gasteiger charge is -2.31. The minimum atomic E-state index is -0.658. The summed E-state index contributed by atoms with van der Waals surface area (Å²) < 4.78 is 15.0. The fraction of sp³-hybridized carbons (Fsp3) is 0.526. The third-order valence-corrected chi connectivity index (χ3v) is 5.20. The van der Waals surface area contributed by atoms with Crippen LogP contribution in [0, 0.1) is 18.7 Å². The fourth-order valence-electron chi connectivity index (χ4n) is 3.52. The number of rotatable bonds is 6. The van der Waals surface area contributed by atoms with E-state index < -0.39 is 6.04 Å². The molecule has 9 heteroatoms. The molecule has 0 radical (unpaired) electrons. The molecule has 2 amide bonds. The monoisotopic (exact) mass is 388 g/mol. The first-order valence-corrected chi connectivity index (χ1v) is 9.46. The van der Waals surface area contributed by atoms with Crippen molar-refractivity contribution in [2.45, 2.75) is 39.2 Å². The van der Waals surface area contributed by atoms with E-state index >= 15 is 0 Å². The molecule has 1 N–H and O–H groups in total. The first-order chi connectivity index (χ1) is 13.4. The molecule has 28 heavy (non-hydrogen) atoms. The second-order valence-corrected chi connectivity index (χ2v) is 7.22. The average Bonchev–Trinajstić information content (AvgIpc) is 3.10. The molecule has 0 aliphatic carbocycles. The predicted octanol–water partition coefficient (Wildman–Crippen LogP) is 1.28. The van der Waals surface area contributed by atoms with Gasteiger partial charge >= 0.3 is 0 Å². The van der Waals surface area contributed by atoms with Gasteiger partial charge in [-0.05, 0) is 53.8 Å². The van der Waals surface area contributed by atoms with Gasteiger partial charge < -0.3 is 10.2 Å². The van der Waals surface area contributed by atoms with Crippen molar-refractivity contribution in [1.29, 1.82) is 0 Å². The Morgan fingerprint density at radius 3 is 2.68 bits per heavy atom. The highest BCUT2D eigenvalue weighted by atomic mass is 19.1. The zero-order valence-electron chi connectivity index (χ0n) is 16.1. The third-order valence-electron chi connectivity index (χ3n) is 5.20. The molecule has 1 saturated heterocycles. The molecule has 1 aromatic carbocycles. The number of carbonyl (C=O) groups excluding carboxylic acids is 2. The van der Waals surface area contributed by atoms with Crippen molar-refractivity contribution in [1.82, 2.24) is 30.4 Å². The molecule has 8 nitrogen and oxygen atoms in total. The molecule has 2 aromatic rings. The van der Waals surface area contributed by atoms with Crippen LogP contribution < -0.4 is 5.32 Å². The molecule has 1 unspecified atom stereocenters. The number of piperidine rings is 1. The largest absolute Gasteiger partial charge is 0.354 e. The van der Waals surface area contributed by atoms with Crippen LogP contribution in [0.1, 0.15) is 37.2 Å².